The summed E-state index contributed by atoms with van der Waals surface area (Å²) in [7, 11) is 1.33. The Morgan fingerprint density at radius 3 is 3.13 bits per heavy atom. The number of esters is 1. The van der Waals surface area contributed by atoms with Crippen LogP contribution in [0.2, 0.25) is 0 Å². The van der Waals surface area contributed by atoms with Gasteiger partial charge in [0.2, 0.25) is 0 Å². The molecule has 0 radical (unpaired) electrons. The highest BCUT2D eigenvalue weighted by atomic mass is 16.5. The summed E-state index contributed by atoms with van der Waals surface area (Å²) in [5.74, 6) is -0.354. The van der Waals surface area contributed by atoms with Crippen molar-refractivity contribution < 1.29 is 14.1 Å². The number of nitrogen functional groups attached to an aromatic ring is 1. The van der Waals surface area contributed by atoms with Crippen LogP contribution in [-0.4, -0.2) is 18.2 Å². The molecule has 2 N–H and O–H groups in total. The first-order chi connectivity index (χ1) is 7.20. The maximum atomic E-state index is 11.1. The third kappa shape index (κ3) is 1.76. The molecule has 0 saturated heterocycles. The average Bonchev–Trinajstić information content (AvgIpc) is 2.61. The van der Waals surface area contributed by atoms with Gasteiger partial charge in [0, 0.05) is 11.1 Å². The molecule has 0 atom stereocenters. The lowest BCUT2D eigenvalue weighted by Crippen LogP contribution is -2.04. The number of fused-ring (bicyclic) bond motifs is 1. The van der Waals surface area contributed by atoms with Crippen LogP contribution >= 0.6 is 0 Å². The number of anilines is 1. The summed E-state index contributed by atoms with van der Waals surface area (Å²) in [6, 6.07) is 5.16. The van der Waals surface area contributed by atoms with E-state index in [4.69, 9.17) is 10.3 Å². The monoisotopic (exact) mass is 206 g/mol. The van der Waals surface area contributed by atoms with E-state index in [1.165, 1.54) is 7.11 Å². The number of aromatic nitrogens is 1. The summed E-state index contributed by atoms with van der Waals surface area (Å²) in [5, 5.41) is 4.54. The number of nitrogens with two attached hydrogens (primary N) is 1. The highest BCUT2D eigenvalue weighted by Crippen LogP contribution is 2.21. The van der Waals surface area contributed by atoms with Crippen molar-refractivity contribution in [2.45, 2.75) is 6.42 Å². The number of carbonyl (C=O) groups is 1. The Morgan fingerprint density at radius 1 is 1.60 bits per heavy atom. The van der Waals surface area contributed by atoms with Gasteiger partial charge in [-0.1, -0.05) is 5.16 Å². The van der Waals surface area contributed by atoms with Crippen molar-refractivity contribution in [2.75, 3.05) is 12.8 Å². The molecule has 0 fully saturated rings. The van der Waals surface area contributed by atoms with Crippen LogP contribution in [0.1, 0.15) is 5.69 Å². The summed E-state index contributed by atoms with van der Waals surface area (Å²) in [6.07, 6.45) is 0.0902. The molecule has 0 spiro atoms. The van der Waals surface area contributed by atoms with Gasteiger partial charge in [-0.2, -0.15) is 0 Å². The summed E-state index contributed by atoms with van der Waals surface area (Å²) >= 11 is 0. The summed E-state index contributed by atoms with van der Waals surface area (Å²) in [5.41, 5.74) is 7.40. The zero-order valence-electron chi connectivity index (χ0n) is 8.19. The maximum absolute atomic E-state index is 11.1. The molecule has 0 amide bonds. The molecule has 0 aliphatic rings. The Bertz CT molecular complexity index is 504. The number of carbonyl (C=O) groups excluding carboxylic acids is 1. The van der Waals surface area contributed by atoms with Gasteiger partial charge in [-0.3, -0.25) is 4.79 Å². The fourth-order valence-corrected chi connectivity index (χ4v) is 1.34. The topological polar surface area (TPSA) is 78.3 Å². The Morgan fingerprint density at radius 2 is 2.40 bits per heavy atom. The maximum Gasteiger partial charge on any atom is 0.311 e. The van der Waals surface area contributed by atoms with Crippen LogP contribution in [0.4, 0.5) is 5.69 Å². The third-order valence-corrected chi connectivity index (χ3v) is 2.11. The molecule has 5 heteroatoms. The van der Waals surface area contributed by atoms with Crippen LogP contribution < -0.4 is 5.73 Å². The first-order valence-electron chi connectivity index (χ1n) is 4.41. The second kappa shape index (κ2) is 3.61. The predicted molar refractivity (Wildman–Crippen MR) is 54.1 cm³/mol. The minimum atomic E-state index is -0.354. The van der Waals surface area contributed by atoms with Crippen molar-refractivity contribution in [3.63, 3.8) is 0 Å². The molecule has 2 aromatic rings. The fourth-order valence-electron chi connectivity index (χ4n) is 1.34. The quantitative estimate of drug-likeness (QED) is 0.588. The van der Waals surface area contributed by atoms with Crippen molar-refractivity contribution in [1.29, 1.82) is 0 Å². The zero-order valence-corrected chi connectivity index (χ0v) is 8.19. The fraction of sp³-hybridized carbons (Fsp3) is 0.200. The predicted octanol–water partition coefficient (Wildman–Crippen LogP) is 1.13. The van der Waals surface area contributed by atoms with Gasteiger partial charge in [-0.25, -0.2) is 0 Å². The van der Waals surface area contributed by atoms with E-state index in [0.29, 0.717) is 17.0 Å². The highest BCUT2D eigenvalue weighted by molar-refractivity contribution is 5.86. The number of hydrogen-bond donors (Lipinski definition) is 1. The van der Waals surface area contributed by atoms with Crippen LogP contribution in [-0.2, 0) is 16.0 Å². The second-order valence-electron chi connectivity index (χ2n) is 3.14. The molecule has 15 heavy (non-hydrogen) atoms. The SMILES string of the molecule is COC(=O)Cc1noc2ccc(N)cc12. The van der Waals surface area contributed by atoms with E-state index < -0.39 is 0 Å². The minimum absolute atomic E-state index is 0.0902. The van der Waals surface area contributed by atoms with E-state index in [9.17, 15) is 4.79 Å². The molecular formula is C10H10N2O3. The van der Waals surface area contributed by atoms with Gasteiger partial charge in [-0.05, 0) is 18.2 Å². The smallest absolute Gasteiger partial charge is 0.311 e. The molecule has 1 aromatic carbocycles. The molecule has 1 aromatic heterocycles. The third-order valence-electron chi connectivity index (χ3n) is 2.11. The van der Waals surface area contributed by atoms with E-state index in [-0.39, 0.29) is 12.4 Å². The van der Waals surface area contributed by atoms with Gasteiger partial charge in [-0.15, -0.1) is 0 Å². The molecular weight excluding hydrogens is 196 g/mol. The van der Waals surface area contributed by atoms with Crippen LogP contribution in [0.25, 0.3) is 11.0 Å². The van der Waals surface area contributed by atoms with E-state index >= 15 is 0 Å². The van der Waals surface area contributed by atoms with Gasteiger partial charge in [0.25, 0.3) is 0 Å². The summed E-state index contributed by atoms with van der Waals surface area (Å²) < 4.78 is 9.59. The largest absolute Gasteiger partial charge is 0.469 e. The normalized spacial score (nSPS) is 10.5. The first-order valence-corrected chi connectivity index (χ1v) is 4.41. The van der Waals surface area contributed by atoms with Crippen molar-refractivity contribution >= 4 is 22.6 Å². The van der Waals surface area contributed by atoms with Crippen molar-refractivity contribution in [3.05, 3.63) is 23.9 Å². The number of methoxy groups -OCH3 is 1. The van der Waals surface area contributed by atoms with Crippen molar-refractivity contribution in [3.8, 4) is 0 Å². The Hall–Kier alpha value is -2.04. The molecule has 0 aliphatic heterocycles. The molecule has 0 unspecified atom stereocenters. The molecule has 78 valence electrons. The van der Waals surface area contributed by atoms with E-state index in [0.717, 1.165) is 5.39 Å². The Labute approximate surface area is 85.8 Å². The van der Waals surface area contributed by atoms with Crippen LogP contribution in [0.15, 0.2) is 22.7 Å². The number of ether oxygens (including phenoxy) is 1. The van der Waals surface area contributed by atoms with E-state index in [1.54, 1.807) is 18.2 Å². The van der Waals surface area contributed by atoms with E-state index in [2.05, 4.69) is 9.89 Å². The molecule has 5 nitrogen and oxygen atoms in total. The van der Waals surface area contributed by atoms with Crippen molar-refractivity contribution in [1.82, 2.24) is 5.16 Å². The van der Waals surface area contributed by atoms with Gasteiger partial charge < -0.3 is 15.0 Å². The average molecular weight is 206 g/mol. The number of benzene rings is 1. The standard InChI is InChI=1S/C10H10N2O3/c1-14-10(13)5-8-7-4-6(11)2-3-9(7)15-12-8/h2-4H,5,11H2,1H3. The second-order valence-corrected chi connectivity index (χ2v) is 3.14. The highest BCUT2D eigenvalue weighted by Gasteiger charge is 2.12. The summed E-state index contributed by atoms with van der Waals surface area (Å²) in [6.45, 7) is 0. The molecule has 2 rings (SSSR count). The lowest BCUT2D eigenvalue weighted by atomic mass is 10.1. The number of hydrogen-bond acceptors (Lipinski definition) is 5. The molecule has 1 heterocycles. The van der Waals surface area contributed by atoms with Crippen LogP contribution in [0, 0.1) is 0 Å². The molecule has 0 saturated carbocycles. The Balaban J connectivity index is 2.43. The molecule has 0 bridgehead atoms. The first kappa shape index (κ1) is 9.51. The number of rotatable bonds is 2. The lowest BCUT2D eigenvalue weighted by molar-refractivity contribution is -0.139. The molecule has 0 aliphatic carbocycles. The van der Waals surface area contributed by atoms with Crippen LogP contribution in [0.3, 0.4) is 0 Å². The Kier molecular flexibility index (Phi) is 2.29. The zero-order chi connectivity index (χ0) is 10.8. The van der Waals surface area contributed by atoms with Crippen molar-refractivity contribution in [2.24, 2.45) is 0 Å². The lowest BCUT2D eigenvalue weighted by Gasteiger charge is -1.95. The minimum Gasteiger partial charge on any atom is -0.469 e. The van der Waals surface area contributed by atoms with Gasteiger partial charge >= 0.3 is 5.97 Å². The van der Waals surface area contributed by atoms with Crippen LogP contribution in [0.5, 0.6) is 0 Å². The number of nitrogens with zero attached hydrogens (tertiary/aromatic N) is 1. The van der Waals surface area contributed by atoms with E-state index in [1.807, 2.05) is 0 Å². The van der Waals surface area contributed by atoms with Gasteiger partial charge in [0.05, 0.1) is 13.5 Å². The van der Waals surface area contributed by atoms with Gasteiger partial charge in [0.1, 0.15) is 5.69 Å². The van der Waals surface area contributed by atoms with Gasteiger partial charge in [0.15, 0.2) is 5.58 Å². The summed E-state index contributed by atoms with van der Waals surface area (Å²) in [4.78, 5) is 11.1.